The van der Waals surface area contributed by atoms with Crippen LogP contribution < -0.4 is 10.6 Å². The van der Waals surface area contributed by atoms with Crippen LogP contribution in [0.25, 0.3) is 11.1 Å². The Morgan fingerprint density at radius 2 is 1.29 bits per heavy atom. The topological polar surface area (TPSA) is 145 Å². The molecule has 0 spiro atoms. The molecule has 1 saturated carbocycles. The van der Waals surface area contributed by atoms with Crippen molar-refractivity contribution in [2.45, 2.75) is 87.9 Å². The standard InChI is InChI=1S/C47H52N4O7/c1-30(50(2)47(57)58-29-38-36-25-14-12-23-34(36)35-24-13-15-26-37(35)38)43(52)48-41(33-21-10-5-11-22-33)45(54)51-28-16-27-39(51)44(53)49-42(46(55)56)40(31-17-6-3-7-18-31)32-19-8-4-9-20-32/h3-4,6-9,12-15,17-20,23-26,30,33,38-42H,5,10-11,16,21-22,27-29H2,1-2H3,(H,48,52)(H,49,53)(H,55,56)/t30-,39?,41-,42?/m0/s1. The molecule has 3 N–H and O–H groups in total. The predicted molar refractivity (Wildman–Crippen MR) is 220 cm³/mol. The third-order valence-electron chi connectivity index (χ3n) is 12.3. The van der Waals surface area contributed by atoms with Gasteiger partial charge in [0, 0.05) is 25.4 Å². The van der Waals surface area contributed by atoms with Crippen LogP contribution in [0, 0.1) is 5.92 Å². The number of carboxylic acids is 1. The molecule has 1 saturated heterocycles. The molecule has 0 bridgehead atoms. The second kappa shape index (κ2) is 18.1. The highest BCUT2D eigenvalue weighted by molar-refractivity contribution is 5.95. The summed E-state index contributed by atoms with van der Waals surface area (Å²) in [4.78, 5) is 71.7. The van der Waals surface area contributed by atoms with Gasteiger partial charge < -0.3 is 25.4 Å². The minimum Gasteiger partial charge on any atom is -0.480 e. The summed E-state index contributed by atoms with van der Waals surface area (Å²) >= 11 is 0. The van der Waals surface area contributed by atoms with Gasteiger partial charge in [-0.2, -0.15) is 0 Å². The van der Waals surface area contributed by atoms with E-state index in [2.05, 4.69) is 22.8 Å². The first-order valence-corrected chi connectivity index (χ1v) is 20.5. The van der Waals surface area contributed by atoms with E-state index in [0.717, 1.165) is 65.5 Å². The molecule has 11 heteroatoms. The van der Waals surface area contributed by atoms with Crippen LogP contribution in [0.15, 0.2) is 109 Å². The van der Waals surface area contributed by atoms with Crippen molar-refractivity contribution in [1.29, 1.82) is 0 Å². The molecule has 4 atom stereocenters. The summed E-state index contributed by atoms with van der Waals surface area (Å²) in [6, 6.07) is 30.4. The van der Waals surface area contributed by atoms with Gasteiger partial charge in [0.05, 0.1) is 0 Å². The second-order valence-electron chi connectivity index (χ2n) is 15.8. The van der Waals surface area contributed by atoms with Gasteiger partial charge in [-0.15, -0.1) is 0 Å². The van der Waals surface area contributed by atoms with Gasteiger partial charge in [-0.05, 0) is 71.9 Å². The van der Waals surface area contributed by atoms with Gasteiger partial charge in [0.15, 0.2) is 0 Å². The molecule has 1 aliphatic heterocycles. The number of hydrogen-bond acceptors (Lipinski definition) is 6. The maximum Gasteiger partial charge on any atom is 0.410 e. The van der Waals surface area contributed by atoms with Crippen molar-refractivity contribution < 1.29 is 33.8 Å². The SMILES string of the molecule is C[C@@H](C(=O)N[C@H](C(=O)N1CCCC1C(=O)NC(C(=O)O)C(c1ccccc1)c1ccccc1)C1CCCCC1)N(C)C(=O)OCC1c2ccccc2-c2ccccc21. The number of likely N-dealkylation sites (tertiary alicyclic amines) is 1. The van der Waals surface area contributed by atoms with Gasteiger partial charge in [-0.1, -0.05) is 128 Å². The molecular weight excluding hydrogens is 733 g/mol. The van der Waals surface area contributed by atoms with Crippen molar-refractivity contribution >= 4 is 29.8 Å². The molecule has 1 heterocycles. The Morgan fingerprint density at radius 3 is 1.86 bits per heavy atom. The number of benzene rings is 4. The minimum atomic E-state index is -1.31. The molecule has 302 valence electrons. The minimum absolute atomic E-state index is 0.104. The van der Waals surface area contributed by atoms with E-state index in [1.54, 1.807) is 6.92 Å². The first-order valence-electron chi connectivity index (χ1n) is 20.5. The van der Waals surface area contributed by atoms with Crippen LogP contribution in [-0.4, -0.2) is 89.1 Å². The average molecular weight is 785 g/mol. The fourth-order valence-electron chi connectivity index (χ4n) is 9.07. The lowest BCUT2D eigenvalue weighted by atomic mass is 9.83. The van der Waals surface area contributed by atoms with Crippen LogP contribution in [0.5, 0.6) is 0 Å². The second-order valence-corrected chi connectivity index (χ2v) is 15.8. The molecule has 4 aromatic rings. The van der Waals surface area contributed by atoms with Crippen LogP contribution in [0.1, 0.15) is 86.0 Å². The molecule has 58 heavy (non-hydrogen) atoms. The summed E-state index contributed by atoms with van der Waals surface area (Å²) in [5.41, 5.74) is 5.86. The number of ether oxygens (including phenoxy) is 1. The fourth-order valence-corrected chi connectivity index (χ4v) is 9.07. The molecule has 2 unspecified atom stereocenters. The lowest BCUT2D eigenvalue weighted by Gasteiger charge is -2.36. The number of likely N-dealkylation sites (N-methyl/N-ethyl adjacent to an activating group) is 1. The lowest BCUT2D eigenvalue weighted by molar-refractivity contribution is -0.146. The summed E-state index contributed by atoms with van der Waals surface area (Å²) in [5, 5.41) is 16.3. The van der Waals surface area contributed by atoms with Crippen LogP contribution in [0.4, 0.5) is 4.79 Å². The van der Waals surface area contributed by atoms with Crippen molar-refractivity contribution in [3.8, 4) is 11.1 Å². The zero-order valence-electron chi connectivity index (χ0n) is 33.1. The number of rotatable bonds is 13. The maximum absolute atomic E-state index is 14.6. The number of carbonyl (C=O) groups is 5. The molecule has 4 amide bonds. The van der Waals surface area contributed by atoms with Gasteiger partial charge in [-0.25, -0.2) is 9.59 Å². The van der Waals surface area contributed by atoms with Crippen LogP contribution in [0.2, 0.25) is 0 Å². The number of amides is 4. The van der Waals surface area contributed by atoms with Crippen molar-refractivity contribution in [3.05, 3.63) is 131 Å². The van der Waals surface area contributed by atoms with Gasteiger partial charge in [0.25, 0.3) is 0 Å². The van der Waals surface area contributed by atoms with E-state index in [1.807, 2.05) is 97.1 Å². The van der Waals surface area contributed by atoms with E-state index in [0.29, 0.717) is 19.4 Å². The highest BCUT2D eigenvalue weighted by atomic mass is 16.6. The van der Waals surface area contributed by atoms with E-state index >= 15 is 0 Å². The summed E-state index contributed by atoms with van der Waals surface area (Å²) in [5.74, 6) is -3.59. The van der Waals surface area contributed by atoms with E-state index in [4.69, 9.17) is 4.74 Å². The number of carbonyl (C=O) groups excluding carboxylic acids is 4. The number of nitrogens with one attached hydrogen (secondary N) is 2. The number of fused-ring (bicyclic) bond motifs is 3. The third kappa shape index (κ3) is 8.49. The van der Waals surface area contributed by atoms with Gasteiger partial charge >= 0.3 is 12.1 Å². The zero-order valence-corrected chi connectivity index (χ0v) is 33.1. The highest BCUT2D eigenvalue weighted by Crippen LogP contribution is 2.44. The van der Waals surface area contributed by atoms with E-state index in [1.165, 1.54) is 16.8 Å². The summed E-state index contributed by atoms with van der Waals surface area (Å²) in [7, 11) is 1.51. The molecular formula is C47H52N4O7. The average Bonchev–Trinajstić information content (AvgIpc) is 3.88. The van der Waals surface area contributed by atoms with Crippen LogP contribution in [0.3, 0.4) is 0 Å². The Balaban J connectivity index is 1.04. The lowest BCUT2D eigenvalue weighted by Crippen LogP contribution is -2.59. The Kier molecular flexibility index (Phi) is 12.5. The van der Waals surface area contributed by atoms with E-state index in [-0.39, 0.29) is 24.3 Å². The number of nitrogens with zero attached hydrogens (tertiary/aromatic N) is 2. The molecule has 2 aliphatic carbocycles. The molecule has 11 nitrogen and oxygen atoms in total. The molecule has 7 rings (SSSR count). The van der Waals surface area contributed by atoms with Gasteiger partial charge in [0.2, 0.25) is 17.7 Å². The monoisotopic (exact) mass is 784 g/mol. The van der Waals surface area contributed by atoms with Gasteiger partial charge in [0.1, 0.15) is 30.8 Å². The summed E-state index contributed by atoms with van der Waals surface area (Å²) in [6.07, 6.45) is 4.56. The molecule has 4 aromatic carbocycles. The maximum atomic E-state index is 14.6. The van der Waals surface area contributed by atoms with Crippen LogP contribution >= 0.6 is 0 Å². The Hall–Kier alpha value is -5.97. The van der Waals surface area contributed by atoms with Crippen molar-refractivity contribution in [1.82, 2.24) is 20.4 Å². The van der Waals surface area contributed by atoms with Crippen molar-refractivity contribution in [3.63, 3.8) is 0 Å². The zero-order chi connectivity index (χ0) is 40.8. The normalized spacial score (nSPS) is 18.1. The quantitative estimate of drug-likeness (QED) is 0.137. The van der Waals surface area contributed by atoms with Gasteiger partial charge in [-0.3, -0.25) is 19.3 Å². The summed E-state index contributed by atoms with van der Waals surface area (Å²) in [6.45, 7) is 2.00. The summed E-state index contributed by atoms with van der Waals surface area (Å²) < 4.78 is 5.83. The van der Waals surface area contributed by atoms with Crippen molar-refractivity contribution in [2.24, 2.45) is 5.92 Å². The highest BCUT2D eigenvalue weighted by Gasteiger charge is 2.43. The number of aliphatic carboxylic acids is 1. The Morgan fingerprint density at radius 1 is 0.741 bits per heavy atom. The fraction of sp³-hybridized carbons (Fsp3) is 0.383. The van der Waals surface area contributed by atoms with Crippen molar-refractivity contribution in [2.75, 3.05) is 20.2 Å². The van der Waals surface area contributed by atoms with E-state index < -0.39 is 54.0 Å². The van der Waals surface area contributed by atoms with E-state index in [9.17, 15) is 29.1 Å². The number of carboxylic acid groups (broad SMARTS) is 1. The number of hydrogen-bond donors (Lipinski definition) is 3. The molecule has 3 aliphatic rings. The largest absolute Gasteiger partial charge is 0.480 e. The third-order valence-corrected chi connectivity index (χ3v) is 12.3. The molecule has 0 radical (unpaired) electrons. The Bertz CT molecular complexity index is 2020. The first-order chi connectivity index (χ1) is 28.1. The van der Waals surface area contributed by atoms with Crippen LogP contribution in [-0.2, 0) is 23.9 Å². The molecule has 2 fully saturated rings. The Labute approximate surface area is 339 Å². The predicted octanol–water partition coefficient (Wildman–Crippen LogP) is 6.71. The smallest absolute Gasteiger partial charge is 0.410 e. The first kappa shape index (κ1) is 40.2. The molecule has 0 aromatic heterocycles.